The summed E-state index contributed by atoms with van der Waals surface area (Å²) in [6.45, 7) is 4.16. The molecule has 2 aliphatic heterocycles. The number of nitrogens with zero attached hydrogens (tertiary/aromatic N) is 1. The maximum atomic E-state index is 12.3. The Balaban J connectivity index is 2.09. The number of hydrogen-bond acceptors (Lipinski definition) is 4. The van der Waals surface area contributed by atoms with Crippen molar-refractivity contribution < 1.29 is 9.53 Å². The third-order valence-electron chi connectivity index (χ3n) is 4.27. The van der Waals surface area contributed by atoms with Gasteiger partial charge in [-0.25, -0.2) is 0 Å². The van der Waals surface area contributed by atoms with Crippen molar-refractivity contribution in [2.75, 3.05) is 6.61 Å². The maximum Gasteiger partial charge on any atom is 0.314 e. The molecular weight excluding hydrogens is 240 g/mol. The predicted molar refractivity (Wildman–Crippen MR) is 72.9 cm³/mol. The van der Waals surface area contributed by atoms with Crippen LogP contribution < -0.4 is 5.73 Å². The predicted octanol–water partition coefficient (Wildman–Crippen LogP) is 2.16. The van der Waals surface area contributed by atoms with Gasteiger partial charge in [-0.15, -0.1) is 0 Å². The molecule has 1 aromatic rings. The second-order valence-corrected chi connectivity index (χ2v) is 5.48. The number of esters is 1. The molecule has 3 aliphatic rings. The molecule has 0 amide bonds. The van der Waals surface area contributed by atoms with Crippen LogP contribution in [0.3, 0.4) is 0 Å². The monoisotopic (exact) mass is 258 g/mol. The Labute approximate surface area is 112 Å². The largest absolute Gasteiger partial charge is 0.466 e. The van der Waals surface area contributed by atoms with E-state index in [9.17, 15) is 4.79 Å². The molecule has 2 bridgehead atoms. The number of ether oxygens (including phenoxy) is 1. The van der Waals surface area contributed by atoms with Gasteiger partial charge in [-0.1, -0.05) is 24.3 Å². The van der Waals surface area contributed by atoms with Gasteiger partial charge in [0.05, 0.1) is 18.1 Å². The SMILES string of the molecule is CCOC(=O)C1(C)CC2C(N)=NC1c1ccccc12. The quantitative estimate of drug-likeness (QED) is 0.827. The van der Waals surface area contributed by atoms with Gasteiger partial charge in [0, 0.05) is 5.92 Å². The minimum absolute atomic E-state index is 0.0376. The van der Waals surface area contributed by atoms with Crippen LogP contribution in [0.2, 0.25) is 0 Å². The van der Waals surface area contributed by atoms with Crippen molar-refractivity contribution in [3.8, 4) is 0 Å². The van der Waals surface area contributed by atoms with Gasteiger partial charge in [0.15, 0.2) is 0 Å². The van der Waals surface area contributed by atoms with Gasteiger partial charge in [-0.3, -0.25) is 9.79 Å². The van der Waals surface area contributed by atoms with E-state index in [-0.39, 0.29) is 17.9 Å². The van der Waals surface area contributed by atoms with Gasteiger partial charge in [0.1, 0.15) is 5.84 Å². The Morgan fingerprint density at radius 3 is 2.84 bits per heavy atom. The van der Waals surface area contributed by atoms with E-state index >= 15 is 0 Å². The minimum Gasteiger partial charge on any atom is -0.466 e. The molecule has 0 spiro atoms. The van der Waals surface area contributed by atoms with Gasteiger partial charge in [-0.2, -0.15) is 0 Å². The molecule has 0 radical (unpaired) electrons. The number of carbonyl (C=O) groups excluding carboxylic acids is 1. The zero-order valence-corrected chi connectivity index (χ0v) is 11.2. The molecule has 0 aromatic heterocycles. The first-order valence-corrected chi connectivity index (χ1v) is 6.67. The molecule has 2 N–H and O–H groups in total. The summed E-state index contributed by atoms with van der Waals surface area (Å²) in [5.41, 5.74) is 7.75. The standard InChI is InChI=1S/C15H18N2O2/c1-3-19-14(18)15(2)8-11-9-6-4-5-7-10(9)12(15)17-13(11)16/h4-7,11-12H,3,8H2,1-2H3,(H2,16,17). The first-order valence-electron chi connectivity index (χ1n) is 6.67. The van der Waals surface area contributed by atoms with Gasteiger partial charge < -0.3 is 10.5 Å². The Morgan fingerprint density at radius 1 is 1.47 bits per heavy atom. The number of carbonyl (C=O) groups is 1. The van der Waals surface area contributed by atoms with Crippen molar-refractivity contribution in [3.63, 3.8) is 0 Å². The molecule has 4 heteroatoms. The zero-order chi connectivity index (χ0) is 13.6. The van der Waals surface area contributed by atoms with E-state index in [0.717, 1.165) is 5.56 Å². The summed E-state index contributed by atoms with van der Waals surface area (Å²) >= 11 is 0. The smallest absolute Gasteiger partial charge is 0.314 e. The first kappa shape index (κ1) is 12.2. The van der Waals surface area contributed by atoms with Crippen LogP contribution >= 0.6 is 0 Å². The van der Waals surface area contributed by atoms with Crippen molar-refractivity contribution in [2.45, 2.75) is 32.2 Å². The molecule has 1 aliphatic carbocycles. The van der Waals surface area contributed by atoms with Crippen LogP contribution in [0.5, 0.6) is 0 Å². The number of aliphatic imine (C=N–C) groups is 1. The molecule has 0 fully saturated rings. The highest BCUT2D eigenvalue weighted by Crippen LogP contribution is 2.55. The van der Waals surface area contributed by atoms with E-state index in [2.05, 4.69) is 11.1 Å². The average molecular weight is 258 g/mol. The third kappa shape index (κ3) is 1.59. The van der Waals surface area contributed by atoms with Gasteiger partial charge in [0.25, 0.3) is 0 Å². The van der Waals surface area contributed by atoms with Crippen molar-refractivity contribution in [3.05, 3.63) is 35.4 Å². The zero-order valence-electron chi connectivity index (χ0n) is 11.2. The molecule has 0 saturated carbocycles. The molecule has 100 valence electrons. The molecule has 19 heavy (non-hydrogen) atoms. The third-order valence-corrected chi connectivity index (χ3v) is 4.27. The van der Waals surface area contributed by atoms with E-state index < -0.39 is 5.41 Å². The number of rotatable bonds is 2. The summed E-state index contributed by atoms with van der Waals surface area (Å²) in [6, 6.07) is 7.90. The van der Waals surface area contributed by atoms with Crippen molar-refractivity contribution >= 4 is 11.8 Å². The Morgan fingerprint density at radius 2 is 2.16 bits per heavy atom. The minimum atomic E-state index is -0.599. The first-order chi connectivity index (χ1) is 9.08. The molecule has 0 saturated heterocycles. The number of amidine groups is 1. The lowest BCUT2D eigenvalue weighted by molar-refractivity contribution is -0.157. The van der Waals surface area contributed by atoms with E-state index in [0.29, 0.717) is 18.9 Å². The van der Waals surface area contributed by atoms with Crippen LogP contribution in [0.15, 0.2) is 29.3 Å². The van der Waals surface area contributed by atoms with E-state index in [1.165, 1.54) is 5.56 Å². The van der Waals surface area contributed by atoms with Gasteiger partial charge >= 0.3 is 5.97 Å². The highest BCUT2D eigenvalue weighted by atomic mass is 16.5. The highest BCUT2D eigenvalue weighted by Gasteiger charge is 2.53. The van der Waals surface area contributed by atoms with E-state index in [1.807, 2.05) is 32.0 Å². The van der Waals surface area contributed by atoms with Gasteiger partial charge in [0.2, 0.25) is 0 Å². The lowest BCUT2D eigenvalue weighted by atomic mass is 9.62. The number of nitrogens with two attached hydrogens (primary N) is 1. The molecule has 4 rings (SSSR count). The van der Waals surface area contributed by atoms with E-state index in [4.69, 9.17) is 10.5 Å². The Hall–Kier alpha value is -1.84. The summed E-state index contributed by atoms with van der Waals surface area (Å²) < 4.78 is 5.24. The number of fused-ring (bicyclic) bond motifs is 1. The lowest BCUT2D eigenvalue weighted by Gasteiger charge is -2.46. The maximum absolute atomic E-state index is 12.3. The van der Waals surface area contributed by atoms with Crippen molar-refractivity contribution in [2.24, 2.45) is 16.1 Å². The fraction of sp³-hybridized carbons (Fsp3) is 0.467. The second kappa shape index (κ2) is 4.08. The van der Waals surface area contributed by atoms with Crippen LogP contribution in [0.1, 0.15) is 43.4 Å². The summed E-state index contributed by atoms with van der Waals surface area (Å²) in [5.74, 6) is 0.511. The fourth-order valence-corrected chi connectivity index (χ4v) is 3.27. The fourth-order valence-electron chi connectivity index (χ4n) is 3.27. The molecule has 4 nitrogen and oxygen atoms in total. The van der Waals surface area contributed by atoms with Crippen LogP contribution in [-0.2, 0) is 9.53 Å². The normalized spacial score (nSPS) is 31.6. The summed E-state index contributed by atoms with van der Waals surface area (Å²) in [4.78, 5) is 16.8. The second-order valence-electron chi connectivity index (χ2n) is 5.48. The number of hydrogen-bond donors (Lipinski definition) is 1. The molecule has 3 unspecified atom stereocenters. The summed E-state index contributed by atoms with van der Waals surface area (Å²) in [7, 11) is 0. The van der Waals surface area contributed by atoms with Crippen LogP contribution in [-0.4, -0.2) is 18.4 Å². The molecule has 1 aromatic carbocycles. The molecule has 3 atom stereocenters. The van der Waals surface area contributed by atoms with Crippen molar-refractivity contribution in [1.82, 2.24) is 0 Å². The average Bonchev–Trinajstić information content (AvgIpc) is 2.41. The van der Waals surface area contributed by atoms with Crippen LogP contribution in [0, 0.1) is 5.41 Å². The highest BCUT2D eigenvalue weighted by molar-refractivity contribution is 5.93. The van der Waals surface area contributed by atoms with E-state index in [1.54, 1.807) is 0 Å². The Bertz CT molecular complexity index is 567. The molecular formula is C15H18N2O2. The summed E-state index contributed by atoms with van der Waals surface area (Å²) in [6.07, 6.45) is 0.683. The summed E-state index contributed by atoms with van der Waals surface area (Å²) in [5, 5.41) is 0. The molecule has 2 heterocycles. The topological polar surface area (TPSA) is 64.7 Å². The van der Waals surface area contributed by atoms with Gasteiger partial charge in [-0.05, 0) is 31.4 Å². The Kier molecular flexibility index (Phi) is 2.62. The lowest BCUT2D eigenvalue weighted by Crippen LogP contribution is -2.47. The van der Waals surface area contributed by atoms with Crippen molar-refractivity contribution in [1.29, 1.82) is 0 Å². The number of benzene rings is 1. The van der Waals surface area contributed by atoms with Crippen LogP contribution in [0.4, 0.5) is 0 Å². The van der Waals surface area contributed by atoms with Crippen LogP contribution in [0.25, 0.3) is 0 Å².